The van der Waals surface area contributed by atoms with E-state index in [-0.39, 0.29) is 29.6 Å². The van der Waals surface area contributed by atoms with E-state index < -0.39 is 36.5 Å². The van der Waals surface area contributed by atoms with Crippen molar-refractivity contribution in [3.8, 4) is 0 Å². The van der Waals surface area contributed by atoms with Gasteiger partial charge in [-0.1, -0.05) is 0 Å². The molecule has 5 atom stereocenters. The molecule has 5 nitrogen and oxygen atoms in total. The van der Waals surface area contributed by atoms with Crippen molar-refractivity contribution in [2.75, 3.05) is 6.61 Å². The molecule has 1 aliphatic heterocycles. The Hall–Kier alpha value is 1.15. The zero-order chi connectivity index (χ0) is 9.30. The van der Waals surface area contributed by atoms with Crippen molar-refractivity contribution in [1.82, 2.24) is 0 Å². The fraction of sp³-hybridized carbons (Fsp3) is 1.00. The number of thiol groups is 1. The van der Waals surface area contributed by atoms with Gasteiger partial charge in [0.05, 0.1) is 6.61 Å². The Kier molecular flexibility index (Phi) is 6.41. The van der Waals surface area contributed by atoms with E-state index in [9.17, 15) is 10.2 Å². The van der Waals surface area contributed by atoms with Gasteiger partial charge in [-0.3, -0.25) is 0 Å². The first-order valence-electron chi connectivity index (χ1n) is 3.56. The van der Waals surface area contributed by atoms with Gasteiger partial charge in [0.25, 0.3) is 0 Å². The molecule has 1 saturated heterocycles. The van der Waals surface area contributed by atoms with Crippen LogP contribution < -0.4 is 0 Å². The van der Waals surface area contributed by atoms with E-state index in [1.54, 1.807) is 0 Å². The summed E-state index contributed by atoms with van der Waals surface area (Å²) in [5, 5.41) is 36.2. The third kappa shape index (κ3) is 3.05. The molecule has 0 aromatic heterocycles. The molecule has 0 bridgehead atoms. The average Bonchev–Trinajstić information content (AvgIpc) is 2.08. The van der Waals surface area contributed by atoms with Crippen LogP contribution in [0.2, 0.25) is 0 Å². The molecule has 0 spiro atoms. The predicted octanol–water partition coefficient (Wildman–Crippen LogP) is -2.66. The first-order chi connectivity index (χ1) is 5.57. The van der Waals surface area contributed by atoms with Crippen LogP contribution in [-0.4, -0.2) is 86.4 Å². The van der Waals surface area contributed by atoms with E-state index in [0.29, 0.717) is 0 Å². The van der Waals surface area contributed by atoms with Crippen molar-refractivity contribution in [2.45, 2.75) is 29.9 Å². The van der Waals surface area contributed by atoms with Gasteiger partial charge in [-0.25, -0.2) is 0 Å². The van der Waals surface area contributed by atoms with Crippen molar-refractivity contribution in [2.24, 2.45) is 0 Å². The van der Waals surface area contributed by atoms with Gasteiger partial charge in [-0.15, -0.1) is 12.6 Å². The quantitative estimate of drug-likeness (QED) is 0.245. The van der Waals surface area contributed by atoms with E-state index >= 15 is 0 Å². The number of hydrogen-bond acceptors (Lipinski definition) is 6. The van der Waals surface area contributed by atoms with Crippen LogP contribution in [0, 0.1) is 0 Å². The van der Waals surface area contributed by atoms with Crippen molar-refractivity contribution >= 4 is 42.2 Å². The summed E-state index contributed by atoms with van der Waals surface area (Å²) >= 11 is 3.81. The molecule has 1 fully saturated rings. The second-order valence-corrected chi connectivity index (χ2v) is 3.23. The topological polar surface area (TPSA) is 90.2 Å². The van der Waals surface area contributed by atoms with Crippen molar-refractivity contribution in [3.63, 3.8) is 0 Å². The van der Waals surface area contributed by atoms with Gasteiger partial charge in [-0.05, 0) is 0 Å². The van der Waals surface area contributed by atoms with Crippen molar-refractivity contribution in [3.05, 3.63) is 0 Å². The zero-order valence-corrected chi connectivity index (χ0v) is 10.1. The largest absolute Gasteiger partial charge is 0.394 e. The molecule has 0 saturated carbocycles. The summed E-state index contributed by atoms with van der Waals surface area (Å²) in [4.78, 5) is 0. The third-order valence-corrected chi connectivity index (χ3v) is 2.29. The first-order valence-corrected chi connectivity index (χ1v) is 4.08. The van der Waals surface area contributed by atoms with E-state index in [1.165, 1.54) is 0 Å². The standard InChI is InChI=1S/C6H12O5S.Na/c7-1-2-3(8)4(9)5(10)6(12)11-2;/h2-10,12H,1H2;/t2-,3+,4+,5-,6+;/m1./s1. The Morgan fingerprint density at radius 2 is 1.62 bits per heavy atom. The normalized spacial score (nSPS) is 45.5. The fourth-order valence-electron chi connectivity index (χ4n) is 1.08. The van der Waals surface area contributed by atoms with E-state index in [2.05, 4.69) is 12.6 Å². The molecule has 0 aromatic carbocycles. The molecule has 0 amide bonds. The summed E-state index contributed by atoms with van der Waals surface area (Å²) < 4.78 is 4.88. The van der Waals surface area contributed by atoms with Crippen LogP contribution in [0.1, 0.15) is 0 Å². The van der Waals surface area contributed by atoms with E-state index in [1.807, 2.05) is 0 Å². The molecule has 7 heteroatoms. The van der Waals surface area contributed by atoms with Gasteiger partial charge in [0, 0.05) is 29.6 Å². The number of ether oxygens (including phenoxy) is 1. The molecule has 1 aliphatic rings. The molecule has 1 radical (unpaired) electrons. The van der Waals surface area contributed by atoms with E-state index in [4.69, 9.17) is 14.9 Å². The van der Waals surface area contributed by atoms with Crippen LogP contribution in [-0.2, 0) is 4.74 Å². The zero-order valence-electron chi connectivity index (χ0n) is 7.24. The van der Waals surface area contributed by atoms with Crippen molar-refractivity contribution in [1.29, 1.82) is 0 Å². The minimum Gasteiger partial charge on any atom is -0.394 e. The minimum absolute atomic E-state index is 0. The number of aliphatic hydroxyl groups is 4. The monoisotopic (exact) mass is 219 g/mol. The molecule has 1 rings (SSSR count). The van der Waals surface area contributed by atoms with Crippen LogP contribution in [0.25, 0.3) is 0 Å². The fourth-order valence-corrected chi connectivity index (χ4v) is 1.41. The molecule has 0 aliphatic carbocycles. The molecular weight excluding hydrogens is 207 g/mol. The van der Waals surface area contributed by atoms with Crippen LogP contribution in [0.5, 0.6) is 0 Å². The molecule has 0 aromatic rings. The Morgan fingerprint density at radius 1 is 1.08 bits per heavy atom. The Morgan fingerprint density at radius 3 is 2.08 bits per heavy atom. The van der Waals surface area contributed by atoms with Gasteiger partial charge < -0.3 is 25.2 Å². The molecule has 0 unspecified atom stereocenters. The summed E-state index contributed by atoms with van der Waals surface area (Å²) in [7, 11) is 0. The van der Waals surface area contributed by atoms with Crippen LogP contribution in [0.4, 0.5) is 0 Å². The Balaban J connectivity index is 0.00000144. The Bertz CT molecular complexity index is 155. The summed E-state index contributed by atoms with van der Waals surface area (Å²) in [6.07, 6.45) is -4.70. The number of aliphatic hydroxyl groups excluding tert-OH is 4. The Labute approximate surface area is 103 Å². The SMILES string of the molecule is OC[C@H]1O[C@@H](S)[C@H](O)[C@@H](O)[C@H]1O.[Na]. The molecule has 73 valence electrons. The van der Waals surface area contributed by atoms with Crippen LogP contribution in [0.3, 0.4) is 0 Å². The smallest absolute Gasteiger partial charge is 0.129 e. The van der Waals surface area contributed by atoms with Crippen LogP contribution >= 0.6 is 12.6 Å². The number of rotatable bonds is 1. The van der Waals surface area contributed by atoms with E-state index in [0.717, 1.165) is 0 Å². The summed E-state index contributed by atoms with van der Waals surface area (Å²) in [6.45, 7) is -0.415. The maximum Gasteiger partial charge on any atom is 0.129 e. The summed E-state index contributed by atoms with van der Waals surface area (Å²) in [6, 6.07) is 0. The first kappa shape index (κ1) is 14.2. The van der Waals surface area contributed by atoms with Crippen molar-refractivity contribution < 1.29 is 25.2 Å². The summed E-state index contributed by atoms with van der Waals surface area (Å²) in [5.41, 5.74) is -0.874. The second kappa shape index (κ2) is 5.89. The average molecular weight is 219 g/mol. The minimum atomic E-state index is -1.32. The predicted molar refractivity (Wildman–Crippen MR) is 48.5 cm³/mol. The molecular formula is C6H12NaO5S. The van der Waals surface area contributed by atoms with Gasteiger partial charge in [-0.2, -0.15) is 0 Å². The molecule has 4 N–H and O–H groups in total. The third-order valence-electron chi connectivity index (χ3n) is 1.87. The molecule has 13 heavy (non-hydrogen) atoms. The van der Waals surface area contributed by atoms with Gasteiger partial charge in [0.15, 0.2) is 0 Å². The van der Waals surface area contributed by atoms with Gasteiger partial charge in [0.2, 0.25) is 0 Å². The van der Waals surface area contributed by atoms with Crippen LogP contribution in [0.15, 0.2) is 0 Å². The number of hydrogen-bond donors (Lipinski definition) is 5. The molecule has 1 heterocycles. The second-order valence-electron chi connectivity index (χ2n) is 2.72. The maximum atomic E-state index is 9.20. The van der Waals surface area contributed by atoms with Gasteiger partial charge >= 0.3 is 0 Å². The maximum absolute atomic E-state index is 9.20. The summed E-state index contributed by atoms with van der Waals surface area (Å²) in [5.74, 6) is 0. The van der Waals surface area contributed by atoms with Gasteiger partial charge in [0.1, 0.15) is 29.9 Å².